The number of allylic oxidation sites excluding steroid dienone is 1. The minimum absolute atomic E-state index is 0.0881. The monoisotopic (exact) mass is 642 g/mol. The summed E-state index contributed by atoms with van der Waals surface area (Å²) in [5.74, 6) is 5.24. The number of carbonyl (C=O) groups excluding carboxylic acids is 1. The normalized spacial score (nSPS) is 33.5. The molecule has 3 fully saturated rings. The van der Waals surface area contributed by atoms with E-state index >= 15 is 0 Å². The Kier molecular flexibility index (Phi) is 8.92. The van der Waals surface area contributed by atoms with Gasteiger partial charge in [0.1, 0.15) is 17.4 Å². The van der Waals surface area contributed by atoms with Crippen LogP contribution < -0.4 is 10.4 Å². The van der Waals surface area contributed by atoms with Crippen LogP contribution in [0.15, 0.2) is 33.0 Å². The van der Waals surface area contributed by atoms with Crippen LogP contribution in [0.3, 0.4) is 0 Å². The summed E-state index contributed by atoms with van der Waals surface area (Å²) in [4.78, 5) is 25.7. The fourth-order valence-electron chi connectivity index (χ4n) is 11.7. The lowest BCUT2D eigenvalue weighted by Crippen LogP contribution is -2.51. The van der Waals surface area contributed by atoms with Gasteiger partial charge < -0.3 is 13.9 Å². The van der Waals surface area contributed by atoms with Gasteiger partial charge in [-0.3, -0.25) is 0 Å². The molecule has 0 bridgehead atoms. The summed E-state index contributed by atoms with van der Waals surface area (Å²) in [6, 6.07) is 3.83. The SMILES string of the molecule is Cc1cc(OCC(=O)O[C@H]2CC[C@@]3(C)C(=CCC4C3CC[C@@]3(C)C4CC[C@@H]3[C@H](C)CCCC(C)C)C2)c2c3c(c(=O)oc2c1)CCC3. The number of hydrogen-bond donors (Lipinski definition) is 0. The van der Waals surface area contributed by atoms with Gasteiger partial charge in [-0.2, -0.15) is 0 Å². The quantitative estimate of drug-likeness (QED) is 0.155. The second-order valence-electron chi connectivity index (χ2n) is 17.3. The lowest BCUT2D eigenvalue weighted by atomic mass is 9.47. The van der Waals surface area contributed by atoms with Crippen LogP contribution in [0, 0.1) is 53.3 Å². The Morgan fingerprint density at radius 1 is 1.00 bits per heavy atom. The van der Waals surface area contributed by atoms with Crippen molar-refractivity contribution in [2.45, 2.75) is 138 Å². The largest absolute Gasteiger partial charge is 0.481 e. The predicted octanol–water partition coefficient (Wildman–Crippen LogP) is 9.92. The molecule has 5 heteroatoms. The van der Waals surface area contributed by atoms with Crippen LogP contribution in [-0.4, -0.2) is 18.7 Å². The van der Waals surface area contributed by atoms with Crippen LogP contribution in [0.1, 0.15) is 128 Å². The minimum atomic E-state index is -0.315. The van der Waals surface area contributed by atoms with Crippen molar-refractivity contribution in [1.29, 1.82) is 0 Å². The van der Waals surface area contributed by atoms with E-state index in [1.54, 1.807) is 5.57 Å². The fraction of sp³-hybridized carbons (Fsp3) is 0.714. The van der Waals surface area contributed by atoms with E-state index in [0.29, 0.717) is 16.7 Å². The van der Waals surface area contributed by atoms with E-state index in [-0.39, 0.29) is 29.7 Å². The molecule has 0 N–H and O–H groups in total. The molecular formula is C42H58O5. The Morgan fingerprint density at radius 3 is 2.62 bits per heavy atom. The Morgan fingerprint density at radius 2 is 1.81 bits per heavy atom. The number of rotatable bonds is 9. The maximum atomic E-state index is 13.2. The first kappa shape index (κ1) is 33.0. The molecule has 8 atom stereocenters. The molecule has 0 aliphatic heterocycles. The standard InChI is InChI=1S/C42H58O5/c1-25(2)9-7-10-27(4)33-15-16-34-32-14-13-28-23-29(17-19-41(28,5)35(32)18-20-42(33,34)6)46-38(43)24-45-36-21-26(3)22-37-39(36)30-11-8-12-31(30)40(44)47-37/h13,21-22,25,27,29,32-35H,7-12,14-20,23-24H2,1-6H3/t27-,29+,32?,33-,34?,35?,41+,42-/m1/s1. The molecule has 0 amide bonds. The van der Waals surface area contributed by atoms with E-state index in [0.717, 1.165) is 96.1 Å². The van der Waals surface area contributed by atoms with Crippen LogP contribution in [0.2, 0.25) is 0 Å². The Bertz CT molecular complexity index is 1600. The van der Waals surface area contributed by atoms with Crippen molar-refractivity contribution in [2.24, 2.45) is 46.3 Å². The zero-order valence-corrected chi connectivity index (χ0v) is 29.9. The molecule has 2 aromatic rings. The van der Waals surface area contributed by atoms with Gasteiger partial charge in [-0.05, 0) is 141 Å². The third-order valence-electron chi connectivity index (χ3n) is 14.1. The number of fused-ring (bicyclic) bond motifs is 8. The van der Waals surface area contributed by atoms with Crippen molar-refractivity contribution >= 4 is 16.9 Å². The molecule has 0 saturated heterocycles. The maximum Gasteiger partial charge on any atom is 0.344 e. The van der Waals surface area contributed by atoms with Crippen molar-refractivity contribution in [3.8, 4) is 5.75 Å². The van der Waals surface area contributed by atoms with Gasteiger partial charge in [-0.1, -0.05) is 65.5 Å². The average Bonchev–Trinajstić information content (AvgIpc) is 3.65. The van der Waals surface area contributed by atoms with E-state index in [1.807, 2.05) is 19.1 Å². The highest BCUT2D eigenvalue weighted by Gasteiger charge is 2.59. The van der Waals surface area contributed by atoms with Gasteiger partial charge in [-0.15, -0.1) is 0 Å². The van der Waals surface area contributed by atoms with Crippen molar-refractivity contribution in [1.82, 2.24) is 0 Å². The van der Waals surface area contributed by atoms with Gasteiger partial charge in [0.2, 0.25) is 0 Å². The summed E-state index contributed by atoms with van der Waals surface area (Å²) in [6.07, 6.45) is 18.8. The molecule has 1 heterocycles. The summed E-state index contributed by atoms with van der Waals surface area (Å²) in [6.45, 7) is 14.3. The number of benzene rings is 1. The zero-order chi connectivity index (χ0) is 33.1. The lowest BCUT2D eigenvalue weighted by Gasteiger charge is -2.58. The van der Waals surface area contributed by atoms with Gasteiger partial charge in [-0.25, -0.2) is 9.59 Å². The van der Waals surface area contributed by atoms with E-state index in [1.165, 1.54) is 51.4 Å². The third kappa shape index (κ3) is 5.90. The molecule has 256 valence electrons. The number of esters is 1. The number of hydrogen-bond acceptors (Lipinski definition) is 5. The number of aryl methyl sites for hydroxylation is 2. The van der Waals surface area contributed by atoms with E-state index < -0.39 is 0 Å². The van der Waals surface area contributed by atoms with Crippen molar-refractivity contribution < 1.29 is 18.7 Å². The number of carbonyl (C=O) groups is 1. The number of ether oxygens (including phenoxy) is 2. The van der Waals surface area contributed by atoms with Crippen molar-refractivity contribution in [2.75, 3.05) is 6.61 Å². The molecule has 5 nitrogen and oxygen atoms in total. The third-order valence-corrected chi connectivity index (χ3v) is 14.1. The lowest BCUT2D eigenvalue weighted by molar-refractivity contribution is -0.153. The first-order valence-electron chi connectivity index (χ1n) is 19.1. The Balaban J connectivity index is 0.987. The molecule has 0 spiro atoms. The molecular weight excluding hydrogens is 584 g/mol. The van der Waals surface area contributed by atoms with Crippen LogP contribution in [0.25, 0.3) is 11.0 Å². The second kappa shape index (κ2) is 12.7. The first-order valence-corrected chi connectivity index (χ1v) is 19.1. The summed E-state index contributed by atoms with van der Waals surface area (Å²) < 4.78 is 17.9. The van der Waals surface area contributed by atoms with Crippen molar-refractivity contribution in [3.05, 3.63) is 50.9 Å². The van der Waals surface area contributed by atoms with Crippen LogP contribution >= 0.6 is 0 Å². The van der Waals surface area contributed by atoms with E-state index in [9.17, 15) is 9.59 Å². The molecule has 3 unspecified atom stereocenters. The summed E-state index contributed by atoms with van der Waals surface area (Å²) in [5.41, 5.74) is 5.27. The smallest absolute Gasteiger partial charge is 0.344 e. The maximum absolute atomic E-state index is 13.2. The molecule has 5 aliphatic carbocycles. The fourth-order valence-corrected chi connectivity index (χ4v) is 11.7. The molecule has 1 aromatic heterocycles. The second-order valence-corrected chi connectivity index (χ2v) is 17.3. The van der Waals surface area contributed by atoms with Gasteiger partial charge in [0, 0.05) is 12.0 Å². The Labute approximate surface area is 282 Å². The van der Waals surface area contributed by atoms with E-state index in [2.05, 4.69) is 40.7 Å². The average molecular weight is 643 g/mol. The van der Waals surface area contributed by atoms with Gasteiger partial charge in [0.05, 0.1) is 5.39 Å². The van der Waals surface area contributed by atoms with Crippen LogP contribution in [0.5, 0.6) is 5.75 Å². The highest BCUT2D eigenvalue weighted by Crippen LogP contribution is 2.67. The van der Waals surface area contributed by atoms with Crippen LogP contribution in [0.4, 0.5) is 0 Å². The van der Waals surface area contributed by atoms with Gasteiger partial charge in [0.15, 0.2) is 6.61 Å². The van der Waals surface area contributed by atoms with Crippen LogP contribution in [-0.2, 0) is 22.4 Å². The molecule has 47 heavy (non-hydrogen) atoms. The highest BCUT2D eigenvalue weighted by molar-refractivity contribution is 5.89. The first-order chi connectivity index (χ1) is 22.5. The minimum Gasteiger partial charge on any atom is -0.481 e. The summed E-state index contributed by atoms with van der Waals surface area (Å²) in [5, 5.41) is 0.837. The topological polar surface area (TPSA) is 65.7 Å². The molecule has 1 aromatic carbocycles. The summed E-state index contributed by atoms with van der Waals surface area (Å²) in [7, 11) is 0. The Hall–Kier alpha value is -2.56. The van der Waals surface area contributed by atoms with Gasteiger partial charge >= 0.3 is 11.6 Å². The summed E-state index contributed by atoms with van der Waals surface area (Å²) >= 11 is 0. The molecule has 7 rings (SSSR count). The van der Waals surface area contributed by atoms with E-state index in [4.69, 9.17) is 13.9 Å². The highest BCUT2D eigenvalue weighted by atomic mass is 16.6. The van der Waals surface area contributed by atoms with Gasteiger partial charge in [0.25, 0.3) is 0 Å². The van der Waals surface area contributed by atoms with Crippen molar-refractivity contribution in [3.63, 3.8) is 0 Å². The predicted molar refractivity (Wildman–Crippen MR) is 188 cm³/mol. The zero-order valence-electron chi connectivity index (χ0n) is 29.9. The molecule has 3 saturated carbocycles. The molecule has 5 aliphatic rings. The molecule has 0 radical (unpaired) electrons.